The number of anilines is 1. The molecule has 4 rings (SSSR count). The highest BCUT2D eigenvalue weighted by molar-refractivity contribution is 7.87. The molecule has 0 aliphatic carbocycles. The standard InChI is InChI=1S/C28H27FN2O6S/c1-19-6-12-25(20(2)15-19)30-28(32)31(18-23-5-4-14-36-23)17-21-7-13-26(35-3)27(16-21)37-38(33,34)24-10-8-22(29)9-11-24/h4-16H,17-18H2,1-3H3,(H,30,32). The number of rotatable bonds is 9. The van der Waals surface area contributed by atoms with E-state index in [4.69, 9.17) is 13.3 Å². The van der Waals surface area contributed by atoms with E-state index in [0.29, 0.717) is 17.0 Å². The fourth-order valence-electron chi connectivity index (χ4n) is 3.81. The number of carbonyl (C=O) groups is 1. The maximum atomic E-state index is 13.3. The fraction of sp³-hybridized carbons (Fsp3) is 0.179. The van der Waals surface area contributed by atoms with Crippen molar-refractivity contribution < 1.29 is 30.9 Å². The third-order valence-corrected chi connectivity index (χ3v) is 6.99. The van der Waals surface area contributed by atoms with Gasteiger partial charge in [0.05, 0.1) is 19.9 Å². The first-order chi connectivity index (χ1) is 18.1. The number of hydrogen-bond donors (Lipinski definition) is 1. The van der Waals surface area contributed by atoms with Crippen LogP contribution in [0.1, 0.15) is 22.5 Å². The zero-order valence-corrected chi connectivity index (χ0v) is 21.9. The van der Waals surface area contributed by atoms with E-state index in [1.54, 1.807) is 24.3 Å². The highest BCUT2D eigenvalue weighted by atomic mass is 32.2. The molecule has 4 aromatic rings. The van der Waals surface area contributed by atoms with Gasteiger partial charge < -0.3 is 23.6 Å². The van der Waals surface area contributed by atoms with Crippen LogP contribution in [0.5, 0.6) is 11.5 Å². The van der Waals surface area contributed by atoms with Crippen molar-refractivity contribution in [1.82, 2.24) is 4.90 Å². The van der Waals surface area contributed by atoms with Gasteiger partial charge in [-0.25, -0.2) is 9.18 Å². The van der Waals surface area contributed by atoms with Crippen LogP contribution < -0.4 is 14.2 Å². The average Bonchev–Trinajstić information content (AvgIpc) is 3.39. The summed E-state index contributed by atoms with van der Waals surface area (Å²) >= 11 is 0. The molecule has 0 atom stereocenters. The molecule has 0 spiro atoms. The number of ether oxygens (including phenoxy) is 1. The molecule has 10 heteroatoms. The molecular formula is C28H27FN2O6S. The first-order valence-electron chi connectivity index (χ1n) is 11.7. The number of furan rings is 1. The lowest BCUT2D eigenvalue weighted by Crippen LogP contribution is -2.34. The number of nitrogens with one attached hydrogen (secondary N) is 1. The van der Waals surface area contributed by atoms with Crippen LogP contribution in [0.4, 0.5) is 14.9 Å². The number of amides is 2. The number of carbonyl (C=O) groups excluding carboxylic acids is 1. The molecule has 1 heterocycles. The molecule has 0 unspecified atom stereocenters. The first-order valence-corrected chi connectivity index (χ1v) is 13.1. The molecule has 198 valence electrons. The van der Waals surface area contributed by atoms with E-state index in [1.165, 1.54) is 24.3 Å². The summed E-state index contributed by atoms with van der Waals surface area (Å²) in [5.41, 5.74) is 3.25. The number of hydrogen-bond acceptors (Lipinski definition) is 6. The van der Waals surface area contributed by atoms with Gasteiger partial charge in [0.1, 0.15) is 16.5 Å². The Morgan fingerprint density at radius 1 is 0.974 bits per heavy atom. The second-order valence-electron chi connectivity index (χ2n) is 8.66. The lowest BCUT2D eigenvalue weighted by atomic mass is 10.1. The predicted octanol–water partition coefficient (Wildman–Crippen LogP) is 6.05. The van der Waals surface area contributed by atoms with E-state index in [-0.39, 0.29) is 35.5 Å². The van der Waals surface area contributed by atoms with Crippen molar-refractivity contribution in [1.29, 1.82) is 0 Å². The Balaban J connectivity index is 1.60. The topological polar surface area (TPSA) is 98.1 Å². The maximum absolute atomic E-state index is 13.3. The van der Waals surface area contributed by atoms with Gasteiger partial charge >= 0.3 is 16.1 Å². The Bertz CT molecular complexity index is 1520. The lowest BCUT2D eigenvalue weighted by molar-refractivity contribution is 0.201. The first kappa shape index (κ1) is 26.7. The molecule has 0 saturated carbocycles. The number of halogens is 1. The number of methoxy groups -OCH3 is 1. The predicted molar refractivity (Wildman–Crippen MR) is 140 cm³/mol. The highest BCUT2D eigenvalue weighted by Gasteiger charge is 2.22. The van der Waals surface area contributed by atoms with Gasteiger partial charge in [-0.3, -0.25) is 0 Å². The van der Waals surface area contributed by atoms with Gasteiger partial charge in [0.2, 0.25) is 0 Å². The van der Waals surface area contributed by atoms with Gasteiger partial charge in [0.25, 0.3) is 0 Å². The van der Waals surface area contributed by atoms with Crippen LogP contribution in [0.2, 0.25) is 0 Å². The molecular weight excluding hydrogens is 511 g/mol. The Kier molecular flexibility index (Phi) is 8.02. The Hall–Kier alpha value is -4.31. The van der Waals surface area contributed by atoms with E-state index in [2.05, 4.69) is 5.32 Å². The Morgan fingerprint density at radius 3 is 2.39 bits per heavy atom. The van der Waals surface area contributed by atoms with Gasteiger partial charge in [-0.2, -0.15) is 8.42 Å². The third kappa shape index (κ3) is 6.51. The van der Waals surface area contributed by atoms with Crippen LogP contribution in [0.3, 0.4) is 0 Å². The van der Waals surface area contributed by atoms with Gasteiger partial charge in [0.15, 0.2) is 11.5 Å². The second-order valence-corrected chi connectivity index (χ2v) is 10.2. The van der Waals surface area contributed by atoms with Crippen LogP contribution in [0.25, 0.3) is 0 Å². The van der Waals surface area contributed by atoms with Crippen LogP contribution in [-0.2, 0) is 23.2 Å². The summed E-state index contributed by atoms with van der Waals surface area (Å²) in [6.07, 6.45) is 1.52. The summed E-state index contributed by atoms with van der Waals surface area (Å²) in [7, 11) is -2.89. The summed E-state index contributed by atoms with van der Waals surface area (Å²) in [6.45, 7) is 4.16. The van der Waals surface area contributed by atoms with Crippen LogP contribution in [-0.4, -0.2) is 26.5 Å². The van der Waals surface area contributed by atoms with Crippen LogP contribution in [0.15, 0.2) is 88.4 Å². The van der Waals surface area contributed by atoms with E-state index < -0.39 is 15.9 Å². The minimum atomic E-state index is -4.27. The van der Waals surface area contributed by atoms with Gasteiger partial charge in [0, 0.05) is 12.2 Å². The summed E-state index contributed by atoms with van der Waals surface area (Å²) in [4.78, 5) is 14.6. The largest absolute Gasteiger partial charge is 0.493 e. The van der Waals surface area contributed by atoms with Crippen LogP contribution in [0, 0.1) is 19.7 Å². The molecule has 1 N–H and O–H groups in total. The van der Waals surface area contributed by atoms with Crippen molar-refractivity contribution in [2.45, 2.75) is 31.8 Å². The number of urea groups is 1. The normalized spacial score (nSPS) is 11.2. The smallest absolute Gasteiger partial charge is 0.339 e. The lowest BCUT2D eigenvalue weighted by Gasteiger charge is -2.23. The summed E-state index contributed by atoms with van der Waals surface area (Å²) in [5, 5.41) is 2.93. The summed E-state index contributed by atoms with van der Waals surface area (Å²) < 4.78 is 55.0. The molecule has 0 bridgehead atoms. The molecule has 1 aromatic heterocycles. The molecule has 3 aromatic carbocycles. The molecule has 0 aliphatic rings. The molecule has 0 aliphatic heterocycles. The van der Waals surface area contributed by atoms with Crippen molar-refractivity contribution in [2.75, 3.05) is 12.4 Å². The molecule has 2 amide bonds. The van der Waals surface area contributed by atoms with Gasteiger partial charge in [-0.1, -0.05) is 23.8 Å². The molecule has 0 radical (unpaired) electrons. The highest BCUT2D eigenvalue weighted by Crippen LogP contribution is 2.32. The van der Waals surface area contributed by atoms with Gasteiger partial charge in [-0.15, -0.1) is 0 Å². The number of aryl methyl sites for hydroxylation is 2. The minimum Gasteiger partial charge on any atom is -0.493 e. The maximum Gasteiger partial charge on any atom is 0.339 e. The van der Waals surface area contributed by atoms with Crippen molar-refractivity contribution in [3.05, 3.63) is 107 Å². The molecule has 38 heavy (non-hydrogen) atoms. The Labute approximate surface area is 220 Å². The minimum absolute atomic E-state index is 0.0675. The number of nitrogens with zero attached hydrogens (tertiary/aromatic N) is 1. The van der Waals surface area contributed by atoms with E-state index >= 15 is 0 Å². The zero-order valence-electron chi connectivity index (χ0n) is 21.1. The van der Waals surface area contributed by atoms with Crippen LogP contribution >= 0.6 is 0 Å². The zero-order chi connectivity index (χ0) is 27.3. The average molecular weight is 539 g/mol. The van der Waals surface area contributed by atoms with E-state index in [1.807, 2.05) is 32.0 Å². The SMILES string of the molecule is COc1ccc(CN(Cc2ccco2)C(=O)Nc2ccc(C)cc2C)cc1OS(=O)(=O)c1ccc(F)cc1. The molecule has 8 nitrogen and oxygen atoms in total. The van der Waals surface area contributed by atoms with Crippen molar-refractivity contribution >= 4 is 21.8 Å². The Morgan fingerprint density at radius 2 is 1.74 bits per heavy atom. The quantitative estimate of drug-likeness (QED) is 0.261. The van der Waals surface area contributed by atoms with Crippen molar-refractivity contribution in [3.8, 4) is 11.5 Å². The summed E-state index contributed by atoms with van der Waals surface area (Å²) in [6, 6.07) is 17.9. The van der Waals surface area contributed by atoms with Crippen molar-refractivity contribution in [3.63, 3.8) is 0 Å². The monoisotopic (exact) mass is 538 g/mol. The molecule has 0 fully saturated rings. The third-order valence-electron chi connectivity index (χ3n) is 5.74. The van der Waals surface area contributed by atoms with E-state index in [0.717, 1.165) is 35.4 Å². The van der Waals surface area contributed by atoms with E-state index in [9.17, 15) is 17.6 Å². The van der Waals surface area contributed by atoms with Gasteiger partial charge in [-0.05, 0) is 79.6 Å². The molecule has 0 saturated heterocycles. The number of benzene rings is 3. The second kappa shape index (κ2) is 11.4. The van der Waals surface area contributed by atoms with Crippen molar-refractivity contribution in [2.24, 2.45) is 0 Å². The summed E-state index contributed by atoms with van der Waals surface area (Å²) in [5.74, 6) is 0.114. The fourth-order valence-corrected chi connectivity index (χ4v) is 4.74.